The van der Waals surface area contributed by atoms with Crippen molar-refractivity contribution in [3.8, 4) is 0 Å². The Morgan fingerprint density at radius 3 is 1.83 bits per heavy atom. The minimum absolute atomic E-state index is 0. The molecule has 0 unspecified atom stereocenters. The van der Waals surface area contributed by atoms with Crippen LogP contribution in [0.1, 0.15) is 11.6 Å². The maximum Gasteiger partial charge on any atom is 0.137 e. The van der Waals surface area contributed by atoms with Crippen molar-refractivity contribution in [2.24, 2.45) is 0 Å². The lowest BCUT2D eigenvalue weighted by molar-refractivity contribution is 0.899. The SMILES string of the molecule is Cl.c1n[nH]c(Cc2ncn[nH]2)n1. The van der Waals surface area contributed by atoms with Crippen LogP contribution in [0.3, 0.4) is 0 Å². The van der Waals surface area contributed by atoms with Crippen molar-refractivity contribution in [3.63, 3.8) is 0 Å². The predicted octanol–water partition coefficient (Wildman–Crippen LogP) is -0.0646. The van der Waals surface area contributed by atoms with E-state index in [1.54, 1.807) is 0 Å². The topological polar surface area (TPSA) is 83.1 Å². The third-order valence-electron chi connectivity index (χ3n) is 1.26. The number of hydrogen-bond donors (Lipinski definition) is 2. The second-order valence-corrected chi connectivity index (χ2v) is 2.04. The summed E-state index contributed by atoms with van der Waals surface area (Å²) >= 11 is 0. The first-order valence-electron chi connectivity index (χ1n) is 3.13. The minimum atomic E-state index is 0. The van der Waals surface area contributed by atoms with Crippen LogP contribution < -0.4 is 0 Å². The molecule has 0 aromatic carbocycles. The van der Waals surface area contributed by atoms with E-state index in [4.69, 9.17) is 0 Å². The second kappa shape index (κ2) is 3.82. The highest BCUT2D eigenvalue weighted by molar-refractivity contribution is 5.85. The molecule has 0 saturated carbocycles. The molecule has 0 spiro atoms. The minimum Gasteiger partial charge on any atom is -0.263 e. The van der Waals surface area contributed by atoms with E-state index in [0.717, 1.165) is 11.6 Å². The van der Waals surface area contributed by atoms with E-state index in [0.29, 0.717) is 6.42 Å². The first-order chi connectivity index (χ1) is 5.45. The van der Waals surface area contributed by atoms with Gasteiger partial charge in [-0.3, -0.25) is 10.2 Å². The van der Waals surface area contributed by atoms with E-state index < -0.39 is 0 Å². The molecule has 0 fully saturated rings. The van der Waals surface area contributed by atoms with Crippen molar-refractivity contribution in [1.29, 1.82) is 0 Å². The molecule has 0 aliphatic rings. The molecule has 0 aliphatic carbocycles. The average Bonchev–Trinajstić information content (AvgIpc) is 2.60. The third-order valence-corrected chi connectivity index (χ3v) is 1.26. The van der Waals surface area contributed by atoms with Gasteiger partial charge in [0.1, 0.15) is 24.3 Å². The third kappa shape index (κ3) is 1.79. The lowest BCUT2D eigenvalue weighted by Crippen LogP contribution is -1.92. The number of rotatable bonds is 2. The highest BCUT2D eigenvalue weighted by Gasteiger charge is 1.99. The zero-order valence-corrected chi connectivity index (χ0v) is 6.88. The fourth-order valence-electron chi connectivity index (χ4n) is 0.791. The summed E-state index contributed by atoms with van der Waals surface area (Å²) in [6, 6.07) is 0. The molecular weight excluding hydrogens is 180 g/mol. The van der Waals surface area contributed by atoms with Gasteiger partial charge in [-0.15, -0.1) is 12.4 Å². The molecule has 0 saturated heterocycles. The average molecular weight is 187 g/mol. The molecule has 0 bridgehead atoms. The smallest absolute Gasteiger partial charge is 0.137 e. The fraction of sp³-hybridized carbons (Fsp3) is 0.200. The van der Waals surface area contributed by atoms with Crippen molar-refractivity contribution >= 4 is 12.4 Å². The maximum absolute atomic E-state index is 3.94. The largest absolute Gasteiger partial charge is 0.263 e. The number of H-pyrrole nitrogens is 2. The van der Waals surface area contributed by atoms with Gasteiger partial charge in [0.2, 0.25) is 0 Å². The molecule has 7 heteroatoms. The summed E-state index contributed by atoms with van der Waals surface area (Å²) in [5.41, 5.74) is 0. The molecule has 2 aromatic rings. The molecule has 0 atom stereocenters. The summed E-state index contributed by atoms with van der Waals surface area (Å²) in [6.07, 6.45) is 3.54. The van der Waals surface area contributed by atoms with Gasteiger partial charge in [-0.1, -0.05) is 0 Å². The Labute approximate surface area is 74.2 Å². The lowest BCUT2D eigenvalue weighted by atomic mass is 10.4. The molecule has 64 valence electrons. The van der Waals surface area contributed by atoms with Gasteiger partial charge in [-0.25, -0.2) is 9.97 Å². The molecule has 0 amide bonds. The van der Waals surface area contributed by atoms with E-state index in [-0.39, 0.29) is 12.4 Å². The van der Waals surface area contributed by atoms with Crippen LogP contribution in [0, 0.1) is 0 Å². The van der Waals surface area contributed by atoms with Crippen LogP contribution in [0.15, 0.2) is 12.7 Å². The summed E-state index contributed by atoms with van der Waals surface area (Å²) in [6.45, 7) is 0. The monoisotopic (exact) mass is 186 g/mol. The van der Waals surface area contributed by atoms with Crippen LogP contribution in [-0.2, 0) is 6.42 Å². The summed E-state index contributed by atoms with van der Waals surface area (Å²) < 4.78 is 0. The summed E-state index contributed by atoms with van der Waals surface area (Å²) in [5, 5.41) is 12.9. The Hall–Kier alpha value is -1.43. The van der Waals surface area contributed by atoms with Gasteiger partial charge >= 0.3 is 0 Å². The van der Waals surface area contributed by atoms with E-state index in [1.807, 2.05) is 0 Å². The number of nitrogens with zero attached hydrogens (tertiary/aromatic N) is 4. The molecule has 2 heterocycles. The highest BCUT2D eigenvalue weighted by Crippen LogP contribution is 1.94. The van der Waals surface area contributed by atoms with E-state index in [1.165, 1.54) is 12.7 Å². The molecular formula is C5H7ClN6. The number of aromatic nitrogens is 6. The molecule has 0 aliphatic heterocycles. The van der Waals surface area contributed by atoms with Gasteiger partial charge in [-0.2, -0.15) is 10.2 Å². The molecule has 2 N–H and O–H groups in total. The van der Waals surface area contributed by atoms with Gasteiger partial charge < -0.3 is 0 Å². The Morgan fingerprint density at radius 2 is 1.50 bits per heavy atom. The highest BCUT2D eigenvalue weighted by atomic mass is 35.5. The van der Waals surface area contributed by atoms with Crippen LogP contribution >= 0.6 is 12.4 Å². The Bertz CT molecular complexity index is 268. The first-order valence-corrected chi connectivity index (χ1v) is 3.13. The molecule has 2 aromatic heterocycles. The van der Waals surface area contributed by atoms with Crippen molar-refractivity contribution in [2.45, 2.75) is 6.42 Å². The van der Waals surface area contributed by atoms with Gasteiger partial charge in [-0.05, 0) is 0 Å². The second-order valence-electron chi connectivity index (χ2n) is 2.04. The van der Waals surface area contributed by atoms with Crippen molar-refractivity contribution in [3.05, 3.63) is 24.3 Å². The molecule has 2 rings (SSSR count). The van der Waals surface area contributed by atoms with Crippen LogP contribution in [0.25, 0.3) is 0 Å². The van der Waals surface area contributed by atoms with E-state index in [9.17, 15) is 0 Å². The summed E-state index contributed by atoms with van der Waals surface area (Å²) in [5.74, 6) is 1.56. The Balaban J connectivity index is 0.000000720. The van der Waals surface area contributed by atoms with Crippen molar-refractivity contribution in [1.82, 2.24) is 30.4 Å². The first kappa shape index (κ1) is 8.66. The van der Waals surface area contributed by atoms with Gasteiger partial charge in [0.05, 0.1) is 6.42 Å². The number of hydrogen-bond acceptors (Lipinski definition) is 4. The standard InChI is InChI=1S/C5H6N6.ClH/c1(4-6-2-8-10-4)5-7-3-9-11-5;/h2-3H,1H2,(H,6,8,10)(H,7,9,11);1H. The quantitative estimate of drug-likeness (QED) is 0.688. The lowest BCUT2D eigenvalue weighted by Gasteiger charge is -1.87. The van der Waals surface area contributed by atoms with Crippen LogP contribution in [0.2, 0.25) is 0 Å². The Morgan fingerprint density at radius 1 is 1.00 bits per heavy atom. The maximum atomic E-state index is 3.94. The zero-order valence-electron chi connectivity index (χ0n) is 6.06. The fourth-order valence-corrected chi connectivity index (χ4v) is 0.791. The molecule has 6 nitrogen and oxygen atoms in total. The molecule has 12 heavy (non-hydrogen) atoms. The van der Waals surface area contributed by atoms with Crippen LogP contribution in [0.5, 0.6) is 0 Å². The normalized spacial score (nSPS) is 9.33. The van der Waals surface area contributed by atoms with Crippen molar-refractivity contribution in [2.75, 3.05) is 0 Å². The number of aromatic amines is 2. The molecule has 0 radical (unpaired) electrons. The van der Waals surface area contributed by atoms with Crippen LogP contribution in [0.4, 0.5) is 0 Å². The van der Waals surface area contributed by atoms with Gasteiger partial charge in [0, 0.05) is 0 Å². The van der Waals surface area contributed by atoms with E-state index in [2.05, 4.69) is 30.4 Å². The van der Waals surface area contributed by atoms with Gasteiger partial charge in [0.15, 0.2) is 0 Å². The zero-order chi connectivity index (χ0) is 7.52. The summed E-state index contributed by atoms with van der Waals surface area (Å²) in [4.78, 5) is 7.87. The number of halogens is 1. The van der Waals surface area contributed by atoms with Crippen LogP contribution in [-0.4, -0.2) is 30.4 Å². The summed E-state index contributed by atoms with van der Waals surface area (Å²) in [7, 11) is 0. The van der Waals surface area contributed by atoms with Crippen molar-refractivity contribution < 1.29 is 0 Å². The Kier molecular flexibility index (Phi) is 2.76. The number of nitrogens with one attached hydrogen (secondary N) is 2. The predicted molar refractivity (Wildman–Crippen MR) is 42.8 cm³/mol. The van der Waals surface area contributed by atoms with Gasteiger partial charge in [0.25, 0.3) is 0 Å². The van der Waals surface area contributed by atoms with E-state index >= 15 is 0 Å².